The fourth-order valence-electron chi connectivity index (χ4n) is 3.80. The van der Waals surface area contributed by atoms with Crippen molar-refractivity contribution in [2.24, 2.45) is 0 Å². The molecule has 1 aliphatic heterocycles. The van der Waals surface area contributed by atoms with E-state index in [1.165, 1.54) is 5.57 Å². The van der Waals surface area contributed by atoms with Crippen LogP contribution in [-0.4, -0.2) is 59.6 Å². The van der Waals surface area contributed by atoms with Gasteiger partial charge >= 0.3 is 0 Å². The Labute approximate surface area is 127 Å². The Morgan fingerprint density at radius 1 is 1.33 bits per heavy atom. The lowest BCUT2D eigenvalue weighted by Crippen LogP contribution is -2.47. The summed E-state index contributed by atoms with van der Waals surface area (Å²) < 4.78 is 0. The largest absolute Gasteiger partial charge is 0.385 e. The number of hydrogen-bond acceptors (Lipinski definition) is 3. The molecule has 0 bridgehead atoms. The number of amides is 1. The van der Waals surface area contributed by atoms with E-state index < -0.39 is 5.60 Å². The SMILES string of the molecule is CCC1(O)CCCC2=C1CC(C(=O)N1CCN(C)CC1)=C2. The highest BCUT2D eigenvalue weighted by molar-refractivity contribution is 5.95. The van der Waals surface area contributed by atoms with E-state index in [9.17, 15) is 9.90 Å². The number of rotatable bonds is 2. The van der Waals surface area contributed by atoms with Gasteiger partial charge in [-0.25, -0.2) is 0 Å². The maximum Gasteiger partial charge on any atom is 0.250 e. The van der Waals surface area contributed by atoms with Gasteiger partial charge in [0.05, 0.1) is 5.60 Å². The number of carbonyl (C=O) groups excluding carboxylic acids is 1. The summed E-state index contributed by atoms with van der Waals surface area (Å²) in [6.45, 7) is 5.57. The Bertz CT molecular complexity index is 501. The summed E-state index contributed by atoms with van der Waals surface area (Å²) in [5.74, 6) is 0.177. The molecule has 3 rings (SSSR count). The molecule has 1 N–H and O–H groups in total. The van der Waals surface area contributed by atoms with E-state index in [-0.39, 0.29) is 5.91 Å². The van der Waals surface area contributed by atoms with Crippen LogP contribution in [0.5, 0.6) is 0 Å². The third-order valence-electron chi connectivity index (χ3n) is 5.35. The van der Waals surface area contributed by atoms with Gasteiger partial charge in [0.25, 0.3) is 0 Å². The zero-order valence-corrected chi connectivity index (χ0v) is 13.2. The minimum Gasteiger partial charge on any atom is -0.385 e. The Morgan fingerprint density at radius 2 is 2.05 bits per heavy atom. The van der Waals surface area contributed by atoms with Crippen LogP contribution in [0.2, 0.25) is 0 Å². The lowest BCUT2D eigenvalue weighted by Gasteiger charge is -2.34. The third kappa shape index (κ3) is 2.67. The van der Waals surface area contributed by atoms with Gasteiger partial charge in [0.1, 0.15) is 0 Å². The average Bonchev–Trinajstić information content (AvgIpc) is 2.93. The van der Waals surface area contributed by atoms with Crippen molar-refractivity contribution in [3.05, 3.63) is 22.8 Å². The van der Waals surface area contributed by atoms with E-state index >= 15 is 0 Å². The van der Waals surface area contributed by atoms with Gasteiger partial charge in [-0.3, -0.25) is 4.79 Å². The highest BCUT2D eigenvalue weighted by atomic mass is 16.3. The normalized spacial score (nSPS) is 30.4. The van der Waals surface area contributed by atoms with Crippen LogP contribution in [0.1, 0.15) is 39.0 Å². The maximum absolute atomic E-state index is 12.7. The minimum absolute atomic E-state index is 0.177. The molecule has 0 aromatic carbocycles. The van der Waals surface area contributed by atoms with Gasteiger partial charge in [-0.05, 0) is 50.0 Å². The van der Waals surface area contributed by atoms with Crippen LogP contribution in [0, 0.1) is 0 Å². The summed E-state index contributed by atoms with van der Waals surface area (Å²) in [5, 5.41) is 10.8. The van der Waals surface area contributed by atoms with E-state index in [2.05, 4.69) is 18.0 Å². The molecule has 1 heterocycles. The van der Waals surface area contributed by atoms with Crippen molar-refractivity contribution >= 4 is 5.91 Å². The Hall–Kier alpha value is -1.13. The van der Waals surface area contributed by atoms with Gasteiger partial charge in [-0.2, -0.15) is 0 Å². The lowest BCUT2D eigenvalue weighted by atomic mass is 9.78. The van der Waals surface area contributed by atoms with E-state index in [1.54, 1.807) is 0 Å². The third-order valence-corrected chi connectivity index (χ3v) is 5.35. The molecular weight excluding hydrogens is 264 g/mol. The molecular formula is C17H26N2O2. The second-order valence-corrected chi connectivity index (χ2v) is 6.68. The van der Waals surface area contributed by atoms with Crippen molar-refractivity contribution in [1.82, 2.24) is 9.80 Å². The lowest BCUT2D eigenvalue weighted by molar-refractivity contribution is -0.128. The summed E-state index contributed by atoms with van der Waals surface area (Å²) >= 11 is 0. The molecule has 0 saturated carbocycles. The van der Waals surface area contributed by atoms with Gasteiger partial charge in [-0.1, -0.05) is 6.92 Å². The first-order valence-electron chi connectivity index (χ1n) is 8.17. The highest BCUT2D eigenvalue weighted by Gasteiger charge is 2.38. The average molecular weight is 290 g/mol. The summed E-state index contributed by atoms with van der Waals surface area (Å²) in [6, 6.07) is 0. The van der Waals surface area contributed by atoms with E-state index in [0.29, 0.717) is 6.42 Å². The summed E-state index contributed by atoms with van der Waals surface area (Å²) in [6.07, 6.45) is 6.34. The molecule has 2 aliphatic carbocycles. The van der Waals surface area contributed by atoms with Crippen molar-refractivity contribution in [3.8, 4) is 0 Å². The standard InChI is InChI=1S/C17H26N2O2/c1-3-17(21)6-4-5-13-11-14(12-15(13)17)16(20)19-9-7-18(2)8-10-19/h11,21H,3-10,12H2,1-2H3. The second-order valence-electron chi connectivity index (χ2n) is 6.68. The van der Waals surface area contributed by atoms with Gasteiger partial charge in [0.15, 0.2) is 0 Å². The Morgan fingerprint density at radius 3 is 2.71 bits per heavy atom. The molecule has 0 aromatic heterocycles. The predicted octanol–water partition coefficient (Wildman–Crippen LogP) is 1.71. The molecule has 4 nitrogen and oxygen atoms in total. The topological polar surface area (TPSA) is 43.8 Å². The molecule has 21 heavy (non-hydrogen) atoms. The molecule has 1 unspecified atom stereocenters. The van der Waals surface area contributed by atoms with Gasteiger partial charge in [-0.15, -0.1) is 0 Å². The fourth-order valence-corrected chi connectivity index (χ4v) is 3.80. The van der Waals surface area contributed by atoms with E-state index in [0.717, 1.165) is 63.0 Å². The fraction of sp³-hybridized carbons (Fsp3) is 0.706. The number of piperazine rings is 1. The zero-order valence-electron chi connectivity index (χ0n) is 13.2. The molecule has 1 saturated heterocycles. The smallest absolute Gasteiger partial charge is 0.250 e. The highest BCUT2D eigenvalue weighted by Crippen LogP contribution is 2.44. The van der Waals surface area contributed by atoms with Crippen LogP contribution in [0.4, 0.5) is 0 Å². The first-order chi connectivity index (χ1) is 10.0. The van der Waals surface area contributed by atoms with Gasteiger partial charge in [0, 0.05) is 38.2 Å². The van der Waals surface area contributed by atoms with Crippen LogP contribution in [-0.2, 0) is 4.79 Å². The Balaban J connectivity index is 1.71. The molecule has 116 valence electrons. The van der Waals surface area contributed by atoms with Crippen LogP contribution in [0.15, 0.2) is 22.8 Å². The molecule has 0 spiro atoms. The Kier molecular flexibility index (Phi) is 3.93. The summed E-state index contributed by atoms with van der Waals surface area (Å²) in [7, 11) is 2.10. The van der Waals surface area contributed by atoms with Crippen molar-refractivity contribution in [3.63, 3.8) is 0 Å². The minimum atomic E-state index is -0.672. The van der Waals surface area contributed by atoms with Gasteiger partial charge < -0.3 is 14.9 Å². The molecule has 1 amide bonds. The monoisotopic (exact) mass is 290 g/mol. The first-order valence-corrected chi connectivity index (χ1v) is 8.17. The molecule has 0 aromatic rings. The first kappa shape index (κ1) is 14.8. The van der Waals surface area contributed by atoms with E-state index in [4.69, 9.17) is 0 Å². The second kappa shape index (κ2) is 5.58. The number of aliphatic hydroxyl groups is 1. The molecule has 1 atom stereocenters. The number of allylic oxidation sites excluding steroid dienone is 2. The van der Waals surface area contributed by atoms with Crippen molar-refractivity contribution < 1.29 is 9.90 Å². The summed E-state index contributed by atoms with van der Waals surface area (Å²) in [4.78, 5) is 16.9. The number of nitrogens with zero attached hydrogens (tertiary/aromatic N) is 2. The van der Waals surface area contributed by atoms with Crippen molar-refractivity contribution in [2.45, 2.75) is 44.6 Å². The predicted molar refractivity (Wildman–Crippen MR) is 82.9 cm³/mol. The van der Waals surface area contributed by atoms with Crippen LogP contribution >= 0.6 is 0 Å². The molecule has 0 radical (unpaired) electrons. The van der Waals surface area contributed by atoms with Crippen LogP contribution < -0.4 is 0 Å². The van der Waals surface area contributed by atoms with Crippen LogP contribution in [0.3, 0.4) is 0 Å². The van der Waals surface area contributed by atoms with Gasteiger partial charge in [0.2, 0.25) is 5.91 Å². The van der Waals surface area contributed by atoms with Crippen molar-refractivity contribution in [2.75, 3.05) is 33.2 Å². The molecule has 1 fully saturated rings. The number of hydrogen-bond donors (Lipinski definition) is 1. The maximum atomic E-state index is 12.7. The number of likely N-dealkylation sites (N-methyl/N-ethyl adjacent to an activating group) is 1. The molecule has 3 aliphatic rings. The zero-order chi connectivity index (χ0) is 15.0. The molecule has 4 heteroatoms. The van der Waals surface area contributed by atoms with Crippen LogP contribution in [0.25, 0.3) is 0 Å². The summed E-state index contributed by atoms with van der Waals surface area (Å²) in [5.41, 5.74) is 2.56. The quantitative estimate of drug-likeness (QED) is 0.842. The van der Waals surface area contributed by atoms with E-state index in [1.807, 2.05) is 11.8 Å². The van der Waals surface area contributed by atoms with Crippen molar-refractivity contribution in [1.29, 1.82) is 0 Å². The number of carbonyl (C=O) groups is 1.